The summed E-state index contributed by atoms with van der Waals surface area (Å²) in [6, 6.07) is 0. The Morgan fingerprint density at radius 3 is 2.92 bits per heavy atom. The molecule has 1 unspecified atom stereocenters. The van der Waals surface area contributed by atoms with Gasteiger partial charge in [-0.1, -0.05) is 6.08 Å². The summed E-state index contributed by atoms with van der Waals surface area (Å²) in [7, 11) is 1.62. The van der Waals surface area contributed by atoms with Gasteiger partial charge in [-0.3, -0.25) is 0 Å². The molecule has 0 bridgehead atoms. The van der Waals surface area contributed by atoms with Crippen molar-refractivity contribution < 1.29 is 14.6 Å². The largest absolute Gasteiger partial charge is 0.389 e. The smallest absolute Gasteiger partial charge is 0.0897 e. The van der Waals surface area contributed by atoms with Crippen LogP contribution in [0.2, 0.25) is 0 Å². The third-order valence-electron chi connectivity index (χ3n) is 1.41. The Labute approximate surface area is 79.5 Å². The number of rotatable bonds is 9. The predicted molar refractivity (Wildman–Crippen MR) is 51.8 cm³/mol. The average Bonchev–Trinajstić information content (AvgIpc) is 2.13. The highest BCUT2D eigenvalue weighted by Crippen LogP contribution is 1.84. The van der Waals surface area contributed by atoms with Crippen LogP contribution >= 0.6 is 0 Å². The third kappa shape index (κ3) is 9.49. The van der Waals surface area contributed by atoms with Gasteiger partial charge in [0.15, 0.2) is 0 Å². The van der Waals surface area contributed by atoms with E-state index in [-0.39, 0.29) is 0 Å². The minimum Gasteiger partial charge on any atom is -0.389 e. The van der Waals surface area contributed by atoms with Crippen molar-refractivity contribution in [2.45, 2.75) is 6.10 Å². The predicted octanol–water partition coefficient (Wildman–Crippen LogP) is -0.214. The van der Waals surface area contributed by atoms with Crippen molar-refractivity contribution in [3.63, 3.8) is 0 Å². The molecule has 0 fully saturated rings. The summed E-state index contributed by atoms with van der Waals surface area (Å²) in [4.78, 5) is 0. The first-order valence-corrected chi connectivity index (χ1v) is 4.37. The number of nitrogens with one attached hydrogen (secondary N) is 1. The van der Waals surface area contributed by atoms with Crippen molar-refractivity contribution in [2.24, 2.45) is 0 Å². The zero-order valence-corrected chi connectivity index (χ0v) is 8.16. The van der Waals surface area contributed by atoms with E-state index in [9.17, 15) is 5.11 Å². The second-order valence-corrected chi connectivity index (χ2v) is 2.67. The number of aliphatic hydroxyl groups excluding tert-OH is 1. The maximum absolute atomic E-state index is 9.31. The highest BCUT2D eigenvalue weighted by Gasteiger charge is 2.01. The van der Waals surface area contributed by atoms with Crippen LogP contribution < -0.4 is 5.32 Å². The molecular weight excluding hydrogens is 170 g/mol. The number of hydrogen-bond donors (Lipinski definition) is 2. The minimum atomic E-state index is -0.461. The molecule has 0 aromatic heterocycles. The summed E-state index contributed by atoms with van der Waals surface area (Å²) in [5.41, 5.74) is 0. The first-order valence-electron chi connectivity index (χ1n) is 4.37. The van der Waals surface area contributed by atoms with E-state index in [2.05, 4.69) is 11.9 Å². The highest BCUT2D eigenvalue weighted by atomic mass is 16.5. The quantitative estimate of drug-likeness (QED) is 0.389. The Balaban J connectivity index is 3.09. The molecule has 0 saturated carbocycles. The van der Waals surface area contributed by atoms with E-state index in [0.29, 0.717) is 32.9 Å². The van der Waals surface area contributed by atoms with Gasteiger partial charge in [0.2, 0.25) is 0 Å². The third-order valence-corrected chi connectivity index (χ3v) is 1.41. The molecule has 0 radical (unpaired) electrons. The molecule has 0 amide bonds. The maximum Gasteiger partial charge on any atom is 0.0897 e. The molecule has 2 N–H and O–H groups in total. The molecule has 0 aliphatic carbocycles. The Kier molecular flexibility index (Phi) is 9.35. The minimum absolute atomic E-state index is 0.341. The van der Waals surface area contributed by atoms with Crippen LogP contribution in [0.3, 0.4) is 0 Å². The van der Waals surface area contributed by atoms with E-state index >= 15 is 0 Å². The monoisotopic (exact) mass is 189 g/mol. The lowest BCUT2D eigenvalue weighted by Gasteiger charge is -2.10. The first-order chi connectivity index (χ1) is 6.31. The van der Waals surface area contributed by atoms with Gasteiger partial charge < -0.3 is 19.9 Å². The van der Waals surface area contributed by atoms with E-state index in [0.717, 1.165) is 0 Å². The fourth-order valence-electron chi connectivity index (χ4n) is 0.773. The molecule has 1 atom stereocenters. The van der Waals surface area contributed by atoms with Gasteiger partial charge in [-0.15, -0.1) is 6.58 Å². The molecule has 0 spiro atoms. The van der Waals surface area contributed by atoms with Crippen molar-refractivity contribution in [2.75, 3.05) is 40.0 Å². The fourth-order valence-corrected chi connectivity index (χ4v) is 0.773. The molecule has 4 heteroatoms. The summed E-state index contributed by atoms with van der Waals surface area (Å²) >= 11 is 0. The van der Waals surface area contributed by atoms with E-state index < -0.39 is 6.10 Å². The zero-order valence-electron chi connectivity index (χ0n) is 8.16. The summed E-state index contributed by atoms with van der Waals surface area (Å²) in [6.45, 7) is 6.21. The molecule has 0 heterocycles. The van der Waals surface area contributed by atoms with Crippen LogP contribution in [0.25, 0.3) is 0 Å². The normalized spacial score (nSPS) is 12.8. The average molecular weight is 189 g/mol. The van der Waals surface area contributed by atoms with E-state index in [1.165, 1.54) is 0 Å². The van der Waals surface area contributed by atoms with Gasteiger partial charge in [0.1, 0.15) is 0 Å². The molecule has 0 aliphatic heterocycles. The van der Waals surface area contributed by atoms with Crippen LogP contribution in [0.4, 0.5) is 0 Å². The Hall–Kier alpha value is -0.420. The number of ether oxygens (including phenoxy) is 2. The summed E-state index contributed by atoms with van der Waals surface area (Å²) in [6.07, 6.45) is 1.29. The second kappa shape index (κ2) is 9.67. The van der Waals surface area contributed by atoms with E-state index in [4.69, 9.17) is 9.47 Å². The van der Waals surface area contributed by atoms with Crippen molar-refractivity contribution in [1.82, 2.24) is 5.32 Å². The Morgan fingerprint density at radius 2 is 2.31 bits per heavy atom. The molecule has 0 aliphatic rings. The van der Waals surface area contributed by atoms with Crippen LogP contribution in [0.1, 0.15) is 0 Å². The van der Waals surface area contributed by atoms with Crippen molar-refractivity contribution in [3.8, 4) is 0 Å². The molecule has 13 heavy (non-hydrogen) atoms. The SMILES string of the molecule is C=CCNCC(O)COCCOC. The molecule has 0 aromatic rings. The summed E-state index contributed by atoms with van der Waals surface area (Å²) in [5, 5.41) is 12.3. The number of methoxy groups -OCH3 is 1. The lowest BCUT2D eigenvalue weighted by Crippen LogP contribution is -2.30. The first kappa shape index (κ1) is 12.6. The van der Waals surface area contributed by atoms with Crippen molar-refractivity contribution in [1.29, 1.82) is 0 Å². The number of hydrogen-bond acceptors (Lipinski definition) is 4. The zero-order chi connectivity index (χ0) is 9.94. The van der Waals surface area contributed by atoms with Crippen LogP contribution in [0.15, 0.2) is 12.7 Å². The van der Waals surface area contributed by atoms with Crippen LogP contribution in [0, 0.1) is 0 Å². The maximum atomic E-state index is 9.31. The standard InChI is InChI=1S/C9H19NO3/c1-3-4-10-7-9(11)8-13-6-5-12-2/h3,9-11H,1,4-8H2,2H3. The lowest BCUT2D eigenvalue weighted by molar-refractivity contribution is 0.0141. The molecular formula is C9H19NO3. The topological polar surface area (TPSA) is 50.7 Å². The van der Waals surface area contributed by atoms with E-state index in [1.807, 2.05) is 0 Å². The van der Waals surface area contributed by atoms with Gasteiger partial charge in [-0.05, 0) is 0 Å². The van der Waals surface area contributed by atoms with Gasteiger partial charge in [-0.25, -0.2) is 0 Å². The van der Waals surface area contributed by atoms with Crippen molar-refractivity contribution in [3.05, 3.63) is 12.7 Å². The van der Waals surface area contributed by atoms with Gasteiger partial charge in [-0.2, -0.15) is 0 Å². The Morgan fingerprint density at radius 1 is 1.54 bits per heavy atom. The van der Waals surface area contributed by atoms with Gasteiger partial charge in [0.25, 0.3) is 0 Å². The molecule has 4 nitrogen and oxygen atoms in total. The Bertz CT molecular complexity index is 119. The summed E-state index contributed by atoms with van der Waals surface area (Å²) < 4.78 is 9.91. The molecule has 0 aromatic carbocycles. The van der Waals surface area contributed by atoms with Gasteiger partial charge in [0.05, 0.1) is 25.9 Å². The fraction of sp³-hybridized carbons (Fsp3) is 0.778. The van der Waals surface area contributed by atoms with Crippen LogP contribution in [0.5, 0.6) is 0 Å². The molecule has 0 saturated heterocycles. The van der Waals surface area contributed by atoms with E-state index in [1.54, 1.807) is 13.2 Å². The van der Waals surface area contributed by atoms with Gasteiger partial charge in [0, 0.05) is 20.2 Å². The van der Waals surface area contributed by atoms with Gasteiger partial charge >= 0.3 is 0 Å². The van der Waals surface area contributed by atoms with Crippen LogP contribution in [-0.2, 0) is 9.47 Å². The second-order valence-electron chi connectivity index (χ2n) is 2.67. The van der Waals surface area contributed by atoms with Crippen LogP contribution in [-0.4, -0.2) is 51.2 Å². The number of aliphatic hydroxyl groups is 1. The molecule has 0 rings (SSSR count). The molecule has 78 valence electrons. The highest BCUT2D eigenvalue weighted by molar-refractivity contribution is 4.71. The summed E-state index contributed by atoms with van der Waals surface area (Å²) in [5.74, 6) is 0. The van der Waals surface area contributed by atoms with Crippen molar-refractivity contribution >= 4 is 0 Å². The lowest BCUT2D eigenvalue weighted by atomic mass is 10.4.